The number of benzene rings is 2. The van der Waals surface area contributed by atoms with Crippen LogP contribution in [-0.4, -0.2) is 39.1 Å². The van der Waals surface area contributed by atoms with Gasteiger partial charge in [0.25, 0.3) is 0 Å². The molecule has 0 aliphatic heterocycles. The maximum Gasteiger partial charge on any atom is 0.223 e. The molecule has 0 aliphatic rings. The van der Waals surface area contributed by atoms with Crippen molar-refractivity contribution < 1.29 is 19.1 Å². The van der Waals surface area contributed by atoms with Gasteiger partial charge in [0, 0.05) is 38.2 Å². The largest absolute Gasteiger partial charge is 0.497 e. The van der Waals surface area contributed by atoms with E-state index in [0.29, 0.717) is 30.9 Å². The van der Waals surface area contributed by atoms with Crippen LogP contribution in [0.25, 0.3) is 0 Å². The van der Waals surface area contributed by atoms with Crippen molar-refractivity contribution in [1.29, 1.82) is 0 Å². The second kappa shape index (κ2) is 10.2. The van der Waals surface area contributed by atoms with Crippen LogP contribution in [0.4, 0.5) is 5.69 Å². The molecule has 2 aromatic carbocycles. The Labute approximate surface area is 160 Å². The number of ether oxygens (including phenoxy) is 2. The molecule has 2 amide bonds. The van der Waals surface area contributed by atoms with E-state index in [1.54, 1.807) is 25.2 Å². The predicted octanol–water partition coefficient (Wildman–Crippen LogP) is 2.81. The van der Waals surface area contributed by atoms with Gasteiger partial charge in [0.05, 0.1) is 14.2 Å². The van der Waals surface area contributed by atoms with Crippen LogP contribution in [0.1, 0.15) is 18.9 Å². The third-order valence-electron chi connectivity index (χ3n) is 4.22. The summed E-state index contributed by atoms with van der Waals surface area (Å²) in [5.74, 6) is 1.26. The molecule has 6 heteroatoms. The van der Waals surface area contributed by atoms with Gasteiger partial charge in [-0.15, -0.1) is 0 Å². The highest BCUT2D eigenvalue weighted by Gasteiger charge is 2.14. The summed E-state index contributed by atoms with van der Waals surface area (Å²) in [5.41, 5.74) is 1.76. The average molecular weight is 370 g/mol. The van der Waals surface area contributed by atoms with Crippen LogP contribution >= 0.6 is 0 Å². The number of anilines is 1. The molecule has 0 atom stereocenters. The monoisotopic (exact) mass is 370 g/mol. The number of rotatable bonds is 9. The molecule has 0 aliphatic carbocycles. The lowest BCUT2D eigenvalue weighted by molar-refractivity contribution is -0.121. The minimum Gasteiger partial charge on any atom is -0.497 e. The molecule has 27 heavy (non-hydrogen) atoms. The Morgan fingerprint density at radius 1 is 1.04 bits per heavy atom. The van der Waals surface area contributed by atoms with Crippen LogP contribution < -0.4 is 19.7 Å². The lowest BCUT2D eigenvalue weighted by Gasteiger charge is -2.21. The van der Waals surface area contributed by atoms with Crippen molar-refractivity contribution >= 4 is 17.5 Å². The molecular weight excluding hydrogens is 344 g/mol. The van der Waals surface area contributed by atoms with Crippen molar-refractivity contribution in [3.8, 4) is 11.5 Å². The molecule has 0 bridgehead atoms. The van der Waals surface area contributed by atoms with Gasteiger partial charge >= 0.3 is 0 Å². The summed E-state index contributed by atoms with van der Waals surface area (Å²) < 4.78 is 10.5. The number of para-hydroxylation sites is 1. The van der Waals surface area contributed by atoms with Crippen LogP contribution in [0.5, 0.6) is 11.5 Å². The Morgan fingerprint density at radius 2 is 1.81 bits per heavy atom. The fourth-order valence-corrected chi connectivity index (χ4v) is 2.79. The molecule has 0 saturated carbocycles. The van der Waals surface area contributed by atoms with Crippen molar-refractivity contribution in [2.45, 2.75) is 19.8 Å². The Kier molecular flexibility index (Phi) is 7.67. The van der Waals surface area contributed by atoms with Gasteiger partial charge in [-0.3, -0.25) is 9.59 Å². The van der Waals surface area contributed by atoms with Crippen molar-refractivity contribution in [2.24, 2.45) is 0 Å². The van der Waals surface area contributed by atoms with Crippen molar-refractivity contribution in [3.05, 3.63) is 54.1 Å². The number of carbonyl (C=O) groups is 2. The van der Waals surface area contributed by atoms with E-state index in [1.807, 2.05) is 42.5 Å². The Morgan fingerprint density at radius 3 is 2.52 bits per heavy atom. The minimum atomic E-state index is -0.120. The topological polar surface area (TPSA) is 67.9 Å². The Bertz CT molecular complexity index is 776. The summed E-state index contributed by atoms with van der Waals surface area (Å²) in [6, 6.07) is 15.0. The zero-order chi connectivity index (χ0) is 19.6. The average Bonchev–Trinajstić information content (AvgIpc) is 2.68. The van der Waals surface area contributed by atoms with Crippen LogP contribution in [0.15, 0.2) is 48.5 Å². The molecule has 0 unspecified atom stereocenters. The van der Waals surface area contributed by atoms with Gasteiger partial charge in [-0.05, 0) is 30.2 Å². The molecule has 144 valence electrons. The van der Waals surface area contributed by atoms with Gasteiger partial charge in [0.1, 0.15) is 11.5 Å². The molecule has 0 fully saturated rings. The highest BCUT2D eigenvalue weighted by Crippen LogP contribution is 2.21. The number of hydrogen-bond donors (Lipinski definition) is 1. The fourth-order valence-electron chi connectivity index (χ4n) is 2.79. The fraction of sp³-hybridized carbons (Fsp3) is 0.333. The number of hydrogen-bond acceptors (Lipinski definition) is 4. The minimum absolute atomic E-state index is 0.0981. The zero-order valence-electron chi connectivity index (χ0n) is 16.0. The summed E-state index contributed by atoms with van der Waals surface area (Å²) in [4.78, 5) is 25.7. The van der Waals surface area contributed by atoms with Gasteiger partial charge in [0.2, 0.25) is 11.8 Å². The molecule has 2 aromatic rings. The Balaban J connectivity index is 1.86. The van der Waals surface area contributed by atoms with Gasteiger partial charge in [-0.25, -0.2) is 0 Å². The first-order valence-electron chi connectivity index (χ1n) is 8.86. The van der Waals surface area contributed by atoms with Crippen molar-refractivity contribution in [1.82, 2.24) is 5.32 Å². The van der Waals surface area contributed by atoms with E-state index in [4.69, 9.17) is 9.47 Å². The quantitative estimate of drug-likeness (QED) is 0.737. The molecule has 6 nitrogen and oxygen atoms in total. The van der Waals surface area contributed by atoms with E-state index < -0.39 is 0 Å². The van der Waals surface area contributed by atoms with Gasteiger partial charge in [0.15, 0.2) is 0 Å². The van der Waals surface area contributed by atoms with Gasteiger partial charge in [-0.1, -0.05) is 24.3 Å². The van der Waals surface area contributed by atoms with Crippen LogP contribution in [0.3, 0.4) is 0 Å². The lowest BCUT2D eigenvalue weighted by atomic mass is 10.1. The number of nitrogens with zero attached hydrogens (tertiary/aromatic N) is 1. The molecule has 0 aromatic heterocycles. The number of methoxy groups -OCH3 is 2. The first-order chi connectivity index (χ1) is 13.0. The molecular formula is C21H26N2O4. The summed E-state index contributed by atoms with van der Waals surface area (Å²) in [5, 5.41) is 2.89. The van der Waals surface area contributed by atoms with E-state index >= 15 is 0 Å². The van der Waals surface area contributed by atoms with Gasteiger partial charge < -0.3 is 19.7 Å². The lowest BCUT2D eigenvalue weighted by Crippen LogP contribution is -2.34. The third-order valence-corrected chi connectivity index (χ3v) is 4.22. The molecule has 1 N–H and O–H groups in total. The van der Waals surface area contributed by atoms with E-state index in [0.717, 1.165) is 11.3 Å². The maximum absolute atomic E-state index is 12.2. The predicted molar refractivity (Wildman–Crippen MR) is 105 cm³/mol. The second-order valence-electron chi connectivity index (χ2n) is 6.03. The maximum atomic E-state index is 12.2. The third kappa shape index (κ3) is 6.02. The highest BCUT2D eigenvalue weighted by atomic mass is 16.5. The molecule has 0 heterocycles. The normalized spacial score (nSPS) is 10.2. The zero-order valence-corrected chi connectivity index (χ0v) is 16.0. The summed E-state index contributed by atoms with van der Waals surface area (Å²) in [6.45, 7) is 2.31. The van der Waals surface area contributed by atoms with E-state index in [9.17, 15) is 9.59 Å². The summed E-state index contributed by atoms with van der Waals surface area (Å²) in [7, 11) is 3.21. The smallest absolute Gasteiger partial charge is 0.223 e. The molecule has 0 saturated heterocycles. The van der Waals surface area contributed by atoms with Crippen LogP contribution in [0.2, 0.25) is 0 Å². The summed E-state index contributed by atoms with van der Waals surface area (Å²) >= 11 is 0. The second-order valence-corrected chi connectivity index (χ2v) is 6.03. The molecule has 0 spiro atoms. The summed E-state index contributed by atoms with van der Waals surface area (Å²) in [6.07, 6.45) is 0.908. The Hall–Kier alpha value is -3.02. The van der Waals surface area contributed by atoms with Gasteiger partial charge in [-0.2, -0.15) is 0 Å². The van der Waals surface area contributed by atoms with E-state index in [-0.39, 0.29) is 18.2 Å². The van der Waals surface area contributed by atoms with Crippen LogP contribution in [-0.2, 0) is 16.0 Å². The van der Waals surface area contributed by atoms with Crippen LogP contribution in [0, 0.1) is 0 Å². The molecule has 0 radical (unpaired) electrons. The molecule has 2 rings (SSSR count). The number of amides is 2. The first kappa shape index (κ1) is 20.3. The number of carbonyl (C=O) groups excluding carboxylic acids is 2. The first-order valence-corrected chi connectivity index (χ1v) is 8.86. The highest BCUT2D eigenvalue weighted by molar-refractivity contribution is 5.92. The SMILES string of the molecule is COc1cccc(N(CCC(=O)NCCc2ccccc2OC)C(C)=O)c1. The number of nitrogens with one attached hydrogen (secondary N) is 1. The van der Waals surface area contributed by atoms with E-state index in [1.165, 1.54) is 6.92 Å². The van der Waals surface area contributed by atoms with Crippen molar-refractivity contribution in [2.75, 3.05) is 32.2 Å². The van der Waals surface area contributed by atoms with Crippen molar-refractivity contribution in [3.63, 3.8) is 0 Å². The standard InChI is InChI=1S/C21H26N2O4/c1-16(24)23(18-8-6-9-19(15-18)26-2)14-12-21(25)22-13-11-17-7-4-5-10-20(17)27-3/h4-10,15H,11-14H2,1-3H3,(H,22,25). The van der Waals surface area contributed by atoms with E-state index in [2.05, 4.69) is 5.32 Å².